The third-order valence-corrected chi connectivity index (χ3v) is 1.95. The minimum Gasteiger partial charge on any atom is -0.444 e. The van der Waals surface area contributed by atoms with Crippen molar-refractivity contribution in [3.05, 3.63) is 0 Å². The highest BCUT2D eigenvalue weighted by molar-refractivity contribution is 5.67. The summed E-state index contributed by atoms with van der Waals surface area (Å²) in [6.07, 6.45) is 1.14. The van der Waals surface area contributed by atoms with Gasteiger partial charge in [0.2, 0.25) is 0 Å². The first-order chi connectivity index (χ1) is 7.16. The molecule has 0 aromatic carbocycles. The van der Waals surface area contributed by atoms with E-state index in [2.05, 4.69) is 11.4 Å². The van der Waals surface area contributed by atoms with E-state index in [0.29, 0.717) is 6.54 Å². The number of hydrogen-bond donors (Lipinski definition) is 1. The van der Waals surface area contributed by atoms with Crippen LogP contribution >= 0.6 is 0 Å². The van der Waals surface area contributed by atoms with Crippen LogP contribution in [0.15, 0.2) is 0 Å². The van der Waals surface area contributed by atoms with E-state index in [1.54, 1.807) is 0 Å². The Hall–Kier alpha value is -1.24. The number of ether oxygens (including phenoxy) is 1. The summed E-state index contributed by atoms with van der Waals surface area (Å²) in [4.78, 5) is 11.3. The minimum absolute atomic E-state index is 0.324. The molecule has 0 saturated heterocycles. The molecule has 0 fully saturated rings. The number of rotatable bonds is 4. The lowest BCUT2D eigenvalue weighted by atomic mass is 9.90. The molecule has 0 rings (SSSR count). The average Bonchev–Trinajstić information content (AvgIpc) is 2.10. The van der Waals surface area contributed by atoms with Gasteiger partial charge < -0.3 is 10.1 Å². The predicted octanol–water partition coefficient (Wildman–Crippen LogP) is 2.84. The Kier molecular flexibility index (Phi) is 5.29. The fourth-order valence-electron chi connectivity index (χ4n) is 1.09. The molecule has 0 atom stereocenters. The highest BCUT2D eigenvalue weighted by atomic mass is 16.6. The Balaban J connectivity index is 3.69. The normalized spacial score (nSPS) is 11.8. The third-order valence-electron chi connectivity index (χ3n) is 1.95. The van der Waals surface area contributed by atoms with Crippen LogP contribution in [-0.2, 0) is 4.74 Å². The number of amides is 1. The fraction of sp³-hybridized carbons (Fsp3) is 0.833. The molecule has 0 aliphatic heterocycles. The van der Waals surface area contributed by atoms with Crippen LogP contribution in [0, 0.1) is 16.7 Å². The van der Waals surface area contributed by atoms with E-state index in [-0.39, 0.29) is 5.41 Å². The summed E-state index contributed by atoms with van der Waals surface area (Å²) >= 11 is 0. The second kappa shape index (κ2) is 5.74. The number of nitrogens with one attached hydrogen (secondary N) is 1. The maximum Gasteiger partial charge on any atom is 0.407 e. The van der Waals surface area contributed by atoms with Crippen LogP contribution in [0.1, 0.15) is 47.5 Å². The van der Waals surface area contributed by atoms with E-state index in [4.69, 9.17) is 10.00 Å². The van der Waals surface area contributed by atoms with E-state index >= 15 is 0 Å². The largest absolute Gasteiger partial charge is 0.444 e. The highest BCUT2D eigenvalue weighted by Crippen LogP contribution is 2.19. The summed E-state index contributed by atoms with van der Waals surface area (Å²) in [6, 6.07) is 2.22. The van der Waals surface area contributed by atoms with Crippen LogP contribution in [0.5, 0.6) is 0 Å². The van der Waals surface area contributed by atoms with Crippen molar-refractivity contribution < 1.29 is 9.53 Å². The molecule has 0 spiro atoms. The first-order valence-corrected chi connectivity index (χ1v) is 5.54. The molecule has 1 N–H and O–H groups in total. The predicted molar refractivity (Wildman–Crippen MR) is 62.9 cm³/mol. The highest BCUT2D eigenvalue weighted by Gasteiger charge is 2.17. The summed E-state index contributed by atoms with van der Waals surface area (Å²) in [5.41, 5.74) is -0.786. The van der Waals surface area contributed by atoms with Gasteiger partial charge in [0.1, 0.15) is 5.60 Å². The topological polar surface area (TPSA) is 62.1 Å². The molecular formula is C12H22N2O2. The van der Waals surface area contributed by atoms with Crippen LogP contribution in [-0.4, -0.2) is 18.2 Å². The molecule has 0 aromatic rings. The lowest BCUT2D eigenvalue weighted by Crippen LogP contribution is -2.33. The first kappa shape index (κ1) is 14.8. The van der Waals surface area contributed by atoms with Gasteiger partial charge in [0.15, 0.2) is 0 Å². The molecule has 0 heterocycles. The van der Waals surface area contributed by atoms with E-state index in [1.807, 2.05) is 34.6 Å². The zero-order chi connectivity index (χ0) is 12.8. The van der Waals surface area contributed by atoms with Crippen LogP contribution in [0.25, 0.3) is 0 Å². The minimum atomic E-state index is -0.462. The van der Waals surface area contributed by atoms with Crippen molar-refractivity contribution >= 4 is 6.09 Å². The molecule has 0 aliphatic carbocycles. The van der Waals surface area contributed by atoms with Crippen molar-refractivity contribution in [3.63, 3.8) is 0 Å². The van der Waals surface area contributed by atoms with Crippen LogP contribution < -0.4 is 5.32 Å². The van der Waals surface area contributed by atoms with Crippen LogP contribution in [0.4, 0.5) is 4.79 Å². The molecule has 0 aliphatic rings. The van der Waals surface area contributed by atoms with Crippen molar-refractivity contribution in [2.45, 2.75) is 53.1 Å². The second-order valence-electron chi connectivity index (χ2n) is 5.53. The zero-order valence-electron chi connectivity index (χ0n) is 10.9. The van der Waals surface area contributed by atoms with Gasteiger partial charge in [0.05, 0.1) is 11.5 Å². The molecule has 0 aromatic heterocycles. The lowest BCUT2D eigenvalue weighted by Gasteiger charge is -2.20. The standard InChI is InChI=1S/C12H22N2O2/c1-11(2,3)16-10(15)14-8-6-7-12(4,5)9-13/h6-8H2,1-5H3,(H,14,15). The summed E-state index contributed by atoms with van der Waals surface area (Å²) in [7, 11) is 0. The smallest absolute Gasteiger partial charge is 0.407 e. The number of nitrogens with zero attached hydrogens (tertiary/aromatic N) is 1. The molecule has 0 bridgehead atoms. The molecule has 16 heavy (non-hydrogen) atoms. The second-order valence-corrected chi connectivity index (χ2v) is 5.53. The van der Waals surface area contributed by atoms with Gasteiger partial charge in [-0.3, -0.25) is 0 Å². The quantitative estimate of drug-likeness (QED) is 0.750. The van der Waals surface area contributed by atoms with Gasteiger partial charge in [0, 0.05) is 6.54 Å². The lowest BCUT2D eigenvalue weighted by molar-refractivity contribution is 0.0526. The summed E-state index contributed by atoms with van der Waals surface area (Å²) in [5.74, 6) is 0. The molecule has 0 unspecified atom stereocenters. The van der Waals surface area contributed by atoms with Crippen molar-refractivity contribution in [2.75, 3.05) is 6.54 Å². The van der Waals surface area contributed by atoms with Crippen molar-refractivity contribution in [1.29, 1.82) is 5.26 Å². The van der Waals surface area contributed by atoms with Gasteiger partial charge in [-0.25, -0.2) is 4.79 Å². The maximum absolute atomic E-state index is 11.3. The van der Waals surface area contributed by atoms with Gasteiger partial charge in [-0.05, 0) is 47.5 Å². The molecule has 1 amide bonds. The zero-order valence-corrected chi connectivity index (χ0v) is 10.9. The number of carbonyl (C=O) groups excluding carboxylic acids is 1. The summed E-state index contributed by atoms with van der Waals surface area (Å²) in [6.45, 7) is 9.79. The van der Waals surface area contributed by atoms with E-state index < -0.39 is 11.7 Å². The van der Waals surface area contributed by atoms with Gasteiger partial charge in [-0.2, -0.15) is 5.26 Å². The maximum atomic E-state index is 11.3. The fourth-order valence-corrected chi connectivity index (χ4v) is 1.09. The Morgan fingerprint density at radius 1 is 1.31 bits per heavy atom. The first-order valence-electron chi connectivity index (χ1n) is 5.54. The molecule has 4 nitrogen and oxygen atoms in total. The van der Waals surface area contributed by atoms with Gasteiger partial charge >= 0.3 is 6.09 Å². The Morgan fingerprint density at radius 2 is 1.88 bits per heavy atom. The van der Waals surface area contributed by atoms with Gasteiger partial charge in [-0.1, -0.05) is 0 Å². The Labute approximate surface area is 98.0 Å². The number of hydrogen-bond acceptors (Lipinski definition) is 3. The molecule has 0 saturated carbocycles. The van der Waals surface area contributed by atoms with E-state index in [1.165, 1.54) is 0 Å². The molecule has 4 heteroatoms. The van der Waals surface area contributed by atoms with Gasteiger partial charge in [0.25, 0.3) is 0 Å². The Morgan fingerprint density at radius 3 is 2.31 bits per heavy atom. The average molecular weight is 226 g/mol. The Bertz CT molecular complexity index is 272. The number of carbonyl (C=O) groups is 1. The number of nitriles is 1. The molecule has 0 radical (unpaired) electrons. The third kappa shape index (κ3) is 8.10. The van der Waals surface area contributed by atoms with Crippen molar-refractivity contribution in [1.82, 2.24) is 5.32 Å². The van der Waals surface area contributed by atoms with Gasteiger partial charge in [-0.15, -0.1) is 0 Å². The molecule has 92 valence electrons. The summed E-state index contributed by atoms with van der Waals surface area (Å²) in [5, 5.41) is 11.5. The van der Waals surface area contributed by atoms with Crippen LogP contribution in [0.2, 0.25) is 0 Å². The van der Waals surface area contributed by atoms with Crippen molar-refractivity contribution in [3.8, 4) is 6.07 Å². The van der Waals surface area contributed by atoms with Crippen LogP contribution in [0.3, 0.4) is 0 Å². The summed E-state index contributed by atoms with van der Waals surface area (Å²) < 4.78 is 5.08. The van der Waals surface area contributed by atoms with E-state index in [0.717, 1.165) is 12.8 Å². The van der Waals surface area contributed by atoms with Crippen molar-refractivity contribution in [2.24, 2.45) is 5.41 Å². The monoisotopic (exact) mass is 226 g/mol. The SMILES string of the molecule is CC(C)(C#N)CCCNC(=O)OC(C)(C)C. The number of alkyl carbamates (subject to hydrolysis) is 1. The molecular weight excluding hydrogens is 204 g/mol. The van der Waals surface area contributed by atoms with E-state index in [9.17, 15) is 4.79 Å².